The Kier molecular flexibility index (Phi) is 6.30. The second kappa shape index (κ2) is 9.11. The standard InChI is InChI=1S/C24H32N2O4/c1-29-19-9-10-20-21(16-19)30-15-7-5-13-24(11-3-4-12-24)23(28)25-17-18-8-2-6-14-26(18)22(20)27/h5,7,9-10,16,18H,2-4,6,8,11-15,17H2,1H3,(H,25,28)/b7-5-. The molecular formula is C24H32N2O4. The van der Waals surface area contributed by atoms with E-state index < -0.39 is 0 Å². The minimum Gasteiger partial charge on any atom is -0.497 e. The van der Waals surface area contributed by atoms with Crippen molar-refractivity contribution in [1.29, 1.82) is 0 Å². The molecule has 1 saturated heterocycles. The summed E-state index contributed by atoms with van der Waals surface area (Å²) in [6.07, 6.45) is 11.8. The van der Waals surface area contributed by atoms with Crippen LogP contribution in [-0.4, -0.2) is 49.6 Å². The quantitative estimate of drug-likeness (QED) is 0.714. The van der Waals surface area contributed by atoms with E-state index in [2.05, 4.69) is 11.4 Å². The summed E-state index contributed by atoms with van der Waals surface area (Å²) >= 11 is 0. The van der Waals surface area contributed by atoms with E-state index in [1.807, 2.05) is 11.0 Å². The molecule has 1 aromatic carbocycles. The molecule has 0 bridgehead atoms. The van der Waals surface area contributed by atoms with Gasteiger partial charge in [-0.05, 0) is 50.7 Å². The van der Waals surface area contributed by atoms with Gasteiger partial charge in [0.25, 0.3) is 5.91 Å². The molecule has 2 heterocycles. The monoisotopic (exact) mass is 412 g/mol. The first kappa shape index (κ1) is 20.8. The lowest BCUT2D eigenvalue weighted by atomic mass is 9.81. The van der Waals surface area contributed by atoms with E-state index in [-0.39, 0.29) is 23.3 Å². The summed E-state index contributed by atoms with van der Waals surface area (Å²) in [6, 6.07) is 5.38. The average Bonchev–Trinajstić information content (AvgIpc) is 3.26. The molecule has 1 aliphatic carbocycles. The van der Waals surface area contributed by atoms with Crippen LogP contribution < -0.4 is 14.8 Å². The van der Waals surface area contributed by atoms with Gasteiger partial charge in [0.05, 0.1) is 18.1 Å². The molecule has 2 aliphatic heterocycles. The maximum Gasteiger partial charge on any atom is 0.257 e. The van der Waals surface area contributed by atoms with Gasteiger partial charge in [-0.3, -0.25) is 9.59 Å². The Morgan fingerprint density at radius 3 is 2.77 bits per heavy atom. The van der Waals surface area contributed by atoms with Gasteiger partial charge in [-0.2, -0.15) is 0 Å². The second-order valence-electron chi connectivity index (χ2n) is 8.69. The molecular weight excluding hydrogens is 380 g/mol. The molecule has 162 valence electrons. The Hall–Kier alpha value is -2.50. The zero-order valence-corrected chi connectivity index (χ0v) is 17.8. The van der Waals surface area contributed by atoms with Gasteiger partial charge in [0.15, 0.2) is 0 Å². The topological polar surface area (TPSA) is 67.9 Å². The minimum absolute atomic E-state index is 0.0158. The van der Waals surface area contributed by atoms with Crippen LogP contribution in [0.5, 0.6) is 11.5 Å². The van der Waals surface area contributed by atoms with Crippen molar-refractivity contribution >= 4 is 11.8 Å². The van der Waals surface area contributed by atoms with Crippen molar-refractivity contribution in [1.82, 2.24) is 10.2 Å². The lowest BCUT2D eigenvalue weighted by Crippen LogP contribution is -2.51. The van der Waals surface area contributed by atoms with E-state index in [1.165, 1.54) is 0 Å². The molecule has 1 spiro atoms. The first-order valence-electron chi connectivity index (χ1n) is 11.2. The SMILES string of the molecule is COc1ccc2c(c1)OC/C=C\CC1(CCCC1)C(=O)NCC1CCCCN1C2=O. The molecule has 2 amide bonds. The summed E-state index contributed by atoms with van der Waals surface area (Å²) < 4.78 is 11.3. The number of fused-ring (bicyclic) bond motifs is 2. The summed E-state index contributed by atoms with van der Waals surface area (Å²) in [7, 11) is 1.61. The number of carbonyl (C=O) groups is 2. The Morgan fingerprint density at radius 1 is 1.13 bits per heavy atom. The summed E-state index contributed by atoms with van der Waals surface area (Å²) in [5.74, 6) is 1.32. The first-order chi connectivity index (χ1) is 14.6. The van der Waals surface area contributed by atoms with E-state index in [9.17, 15) is 9.59 Å². The van der Waals surface area contributed by atoms with Gasteiger partial charge in [-0.15, -0.1) is 0 Å². The maximum atomic E-state index is 13.4. The van der Waals surface area contributed by atoms with Crippen LogP contribution in [0.4, 0.5) is 0 Å². The summed E-state index contributed by atoms with van der Waals surface area (Å²) in [6.45, 7) is 1.58. The van der Waals surface area contributed by atoms with Crippen molar-refractivity contribution < 1.29 is 19.1 Å². The fourth-order valence-corrected chi connectivity index (χ4v) is 5.05. The van der Waals surface area contributed by atoms with Crippen LogP contribution in [0.3, 0.4) is 0 Å². The zero-order valence-electron chi connectivity index (χ0n) is 17.8. The zero-order chi connectivity index (χ0) is 21.0. The predicted molar refractivity (Wildman–Crippen MR) is 115 cm³/mol. The lowest BCUT2D eigenvalue weighted by Gasteiger charge is -2.37. The highest BCUT2D eigenvalue weighted by molar-refractivity contribution is 5.97. The highest BCUT2D eigenvalue weighted by atomic mass is 16.5. The molecule has 6 heteroatoms. The predicted octanol–water partition coefficient (Wildman–Crippen LogP) is 3.71. The van der Waals surface area contributed by atoms with Crippen LogP contribution in [0, 0.1) is 5.41 Å². The van der Waals surface area contributed by atoms with Crippen LogP contribution in [-0.2, 0) is 4.79 Å². The highest BCUT2D eigenvalue weighted by Crippen LogP contribution is 2.42. The van der Waals surface area contributed by atoms with Crippen LogP contribution in [0.2, 0.25) is 0 Å². The molecule has 0 radical (unpaired) electrons. The van der Waals surface area contributed by atoms with Crippen molar-refractivity contribution in [2.45, 2.75) is 57.4 Å². The molecule has 1 aromatic rings. The second-order valence-corrected chi connectivity index (χ2v) is 8.69. The summed E-state index contributed by atoms with van der Waals surface area (Å²) in [4.78, 5) is 28.5. The van der Waals surface area contributed by atoms with Gasteiger partial charge in [0.1, 0.15) is 18.1 Å². The normalized spacial score (nSPS) is 25.5. The largest absolute Gasteiger partial charge is 0.497 e. The highest BCUT2D eigenvalue weighted by Gasteiger charge is 2.40. The minimum atomic E-state index is -0.314. The number of benzene rings is 1. The average molecular weight is 413 g/mol. The van der Waals surface area contributed by atoms with E-state index >= 15 is 0 Å². The first-order valence-corrected chi connectivity index (χ1v) is 11.2. The van der Waals surface area contributed by atoms with Gasteiger partial charge in [-0.25, -0.2) is 0 Å². The molecule has 2 fully saturated rings. The third-order valence-electron chi connectivity index (χ3n) is 6.86. The van der Waals surface area contributed by atoms with Crippen LogP contribution >= 0.6 is 0 Å². The Bertz CT molecular complexity index is 813. The van der Waals surface area contributed by atoms with Gasteiger partial charge in [-0.1, -0.05) is 25.0 Å². The third-order valence-corrected chi connectivity index (χ3v) is 6.86. The number of hydrogen-bond acceptors (Lipinski definition) is 4. The summed E-state index contributed by atoms with van der Waals surface area (Å²) in [5, 5.41) is 3.21. The maximum absolute atomic E-state index is 13.4. The molecule has 1 unspecified atom stereocenters. The Balaban J connectivity index is 1.66. The smallest absolute Gasteiger partial charge is 0.257 e. The van der Waals surface area contributed by atoms with Gasteiger partial charge in [0.2, 0.25) is 5.91 Å². The van der Waals surface area contributed by atoms with Crippen LogP contribution in [0.15, 0.2) is 30.4 Å². The molecule has 6 nitrogen and oxygen atoms in total. The molecule has 1 atom stereocenters. The van der Waals surface area contributed by atoms with Gasteiger partial charge in [0, 0.05) is 25.2 Å². The number of nitrogens with zero attached hydrogens (tertiary/aromatic N) is 1. The van der Waals surface area contributed by atoms with E-state index in [4.69, 9.17) is 9.47 Å². The molecule has 0 aromatic heterocycles. The van der Waals surface area contributed by atoms with Crippen molar-refractivity contribution in [2.75, 3.05) is 26.8 Å². The van der Waals surface area contributed by atoms with Crippen LogP contribution in [0.25, 0.3) is 0 Å². The van der Waals surface area contributed by atoms with Crippen molar-refractivity contribution in [3.05, 3.63) is 35.9 Å². The number of piperidine rings is 1. The number of allylic oxidation sites excluding steroid dienone is 1. The third kappa shape index (κ3) is 4.18. The van der Waals surface area contributed by atoms with Crippen molar-refractivity contribution in [2.24, 2.45) is 5.41 Å². The van der Waals surface area contributed by atoms with E-state index in [0.717, 1.165) is 51.4 Å². The fourth-order valence-electron chi connectivity index (χ4n) is 5.05. The number of carbonyl (C=O) groups excluding carboxylic acids is 2. The molecule has 30 heavy (non-hydrogen) atoms. The lowest BCUT2D eigenvalue weighted by molar-refractivity contribution is -0.131. The van der Waals surface area contributed by atoms with E-state index in [1.54, 1.807) is 25.3 Å². The number of ether oxygens (including phenoxy) is 2. The number of rotatable bonds is 1. The fraction of sp³-hybridized carbons (Fsp3) is 0.583. The van der Waals surface area contributed by atoms with E-state index in [0.29, 0.717) is 36.8 Å². The van der Waals surface area contributed by atoms with Crippen molar-refractivity contribution in [3.8, 4) is 11.5 Å². The van der Waals surface area contributed by atoms with Crippen molar-refractivity contribution in [3.63, 3.8) is 0 Å². The Labute approximate surface area is 178 Å². The number of hydrogen-bond donors (Lipinski definition) is 1. The van der Waals surface area contributed by atoms with Gasteiger partial charge >= 0.3 is 0 Å². The van der Waals surface area contributed by atoms with Crippen LogP contribution in [0.1, 0.15) is 61.7 Å². The molecule has 1 saturated carbocycles. The molecule has 3 aliphatic rings. The number of amides is 2. The summed E-state index contributed by atoms with van der Waals surface area (Å²) in [5.41, 5.74) is 0.234. The molecule has 4 rings (SSSR count). The molecule has 1 N–H and O–H groups in total. The number of methoxy groups -OCH3 is 1. The number of nitrogens with one attached hydrogen (secondary N) is 1. The van der Waals surface area contributed by atoms with Gasteiger partial charge < -0.3 is 19.7 Å². The Morgan fingerprint density at radius 2 is 1.97 bits per heavy atom.